The van der Waals surface area contributed by atoms with Crippen molar-refractivity contribution in [3.8, 4) is 5.75 Å². The van der Waals surface area contributed by atoms with E-state index in [1.807, 2.05) is 31.2 Å². The number of phenols is 1. The van der Waals surface area contributed by atoms with Gasteiger partial charge in [-0.1, -0.05) is 71.2 Å². The van der Waals surface area contributed by atoms with Crippen LogP contribution in [0.25, 0.3) is 10.8 Å². The minimum absolute atomic E-state index is 0.00109. The number of nitrogens with zero attached hydrogens (tertiary/aromatic N) is 2. The molecule has 0 atom stereocenters. The minimum Gasteiger partial charge on any atom is -0.507 e. The molecule has 0 aliphatic heterocycles. The molecular formula is C26H21Cl2N3O4S. The van der Waals surface area contributed by atoms with Gasteiger partial charge in [-0.05, 0) is 54.1 Å². The van der Waals surface area contributed by atoms with Gasteiger partial charge in [0.05, 0.1) is 16.8 Å². The molecule has 0 unspecified atom stereocenters. The van der Waals surface area contributed by atoms with Gasteiger partial charge in [-0.15, -0.1) is 0 Å². The van der Waals surface area contributed by atoms with Gasteiger partial charge in [0.15, 0.2) is 0 Å². The van der Waals surface area contributed by atoms with Gasteiger partial charge in [-0.2, -0.15) is 5.10 Å². The van der Waals surface area contributed by atoms with Crippen molar-refractivity contribution in [3.63, 3.8) is 0 Å². The SMILES string of the molecule is Cc1ccc(S(=O)(=O)N(CC(=O)N/N=C\c2c(O)ccc3ccccc23)c2cc(Cl)cc(Cl)c2)cc1. The molecule has 184 valence electrons. The molecule has 2 N–H and O–H groups in total. The average molecular weight is 542 g/mol. The second kappa shape index (κ2) is 10.6. The number of benzene rings is 4. The number of fused-ring (bicyclic) bond motifs is 1. The summed E-state index contributed by atoms with van der Waals surface area (Å²) in [7, 11) is -4.15. The number of amides is 1. The van der Waals surface area contributed by atoms with Crippen LogP contribution >= 0.6 is 23.2 Å². The maximum atomic E-state index is 13.5. The number of aryl methyl sites for hydroxylation is 1. The lowest BCUT2D eigenvalue weighted by Crippen LogP contribution is -2.39. The lowest BCUT2D eigenvalue weighted by molar-refractivity contribution is -0.119. The summed E-state index contributed by atoms with van der Waals surface area (Å²) in [6, 6.07) is 21.2. The number of anilines is 1. The molecule has 0 fully saturated rings. The van der Waals surface area contributed by atoms with E-state index in [2.05, 4.69) is 10.5 Å². The largest absolute Gasteiger partial charge is 0.507 e. The molecule has 0 aromatic heterocycles. The Hall–Kier alpha value is -3.59. The Bertz CT molecular complexity index is 1550. The molecule has 0 bridgehead atoms. The highest BCUT2D eigenvalue weighted by molar-refractivity contribution is 7.92. The molecule has 36 heavy (non-hydrogen) atoms. The fraction of sp³-hybridized carbons (Fsp3) is 0.0769. The Morgan fingerprint density at radius 2 is 1.67 bits per heavy atom. The molecule has 0 heterocycles. The van der Waals surface area contributed by atoms with E-state index in [1.165, 1.54) is 42.6 Å². The number of carbonyl (C=O) groups is 1. The highest BCUT2D eigenvalue weighted by Crippen LogP contribution is 2.30. The number of carbonyl (C=O) groups excluding carboxylic acids is 1. The highest BCUT2D eigenvalue weighted by Gasteiger charge is 2.27. The predicted octanol–water partition coefficient (Wildman–Crippen LogP) is 5.51. The fourth-order valence-corrected chi connectivity index (χ4v) is 5.51. The van der Waals surface area contributed by atoms with E-state index in [0.717, 1.165) is 20.6 Å². The smallest absolute Gasteiger partial charge is 0.264 e. The number of aromatic hydroxyl groups is 1. The summed E-state index contributed by atoms with van der Waals surface area (Å²) < 4.78 is 27.9. The van der Waals surface area contributed by atoms with Gasteiger partial charge >= 0.3 is 0 Å². The lowest BCUT2D eigenvalue weighted by atomic mass is 10.0. The van der Waals surface area contributed by atoms with E-state index in [-0.39, 0.29) is 26.4 Å². The molecule has 0 saturated carbocycles. The van der Waals surface area contributed by atoms with Crippen LogP contribution in [-0.4, -0.2) is 32.2 Å². The molecule has 1 amide bonds. The third kappa shape index (κ3) is 5.62. The monoisotopic (exact) mass is 541 g/mol. The summed E-state index contributed by atoms with van der Waals surface area (Å²) in [5.41, 5.74) is 3.76. The Balaban J connectivity index is 1.62. The zero-order chi connectivity index (χ0) is 25.9. The van der Waals surface area contributed by atoms with Crippen molar-refractivity contribution in [2.75, 3.05) is 10.8 Å². The molecule has 4 aromatic carbocycles. The standard InChI is InChI=1S/C26H21Cl2N3O4S/c1-17-6-9-22(10-7-17)36(34,35)31(21-13-19(27)12-20(28)14-21)16-26(33)30-29-15-24-23-5-3-2-4-18(23)8-11-25(24)32/h2-15,32H,16H2,1H3,(H,30,33)/b29-15-. The number of rotatable bonds is 7. The van der Waals surface area contributed by atoms with Crippen molar-refractivity contribution in [2.24, 2.45) is 5.10 Å². The molecule has 0 radical (unpaired) electrons. The number of hydrogen-bond acceptors (Lipinski definition) is 5. The summed E-state index contributed by atoms with van der Waals surface area (Å²) in [6.45, 7) is 1.25. The van der Waals surface area contributed by atoms with E-state index >= 15 is 0 Å². The van der Waals surface area contributed by atoms with Gasteiger partial charge in [-0.25, -0.2) is 13.8 Å². The van der Waals surface area contributed by atoms with E-state index in [0.29, 0.717) is 5.56 Å². The minimum atomic E-state index is -4.15. The summed E-state index contributed by atoms with van der Waals surface area (Å²) in [6.07, 6.45) is 1.31. The summed E-state index contributed by atoms with van der Waals surface area (Å²) in [5, 5.41) is 16.3. The predicted molar refractivity (Wildman–Crippen MR) is 144 cm³/mol. The zero-order valence-corrected chi connectivity index (χ0v) is 21.3. The second-order valence-electron chi connectivity index (χ2n) is 7.97. The van der Waals surface area contributed by atoms with Crippen LogP contribution in [0, 0.1) is 6.92 Å². The van der Waals surface area contributed by atoms with Crippen LogP contribution in [0.2, 0.25) is 10.0 Å². The van der Waals surface area contributed by atoms with Crippen LogP contribution in [0.5, 0.6) is 5.75 Å². The third-order valence-electron chi connectivity index (χ3n) is 5.36. The molecule has 7 nitrogen and oxygen atoms in total. The van der Waals surface area contributed by atoms with Crippen LogP contribution < -0.4 is 9.73 Å². The highest BCUT2D eigenvalue weighted by atomic mass is 35.5. The van der Waals surface area contributed by atoms with Crippen molar-refractivity contribution >= 4 is 61.8 Å². The van der Waals surface area contributed by atoms with E-state index < -0.39 is 22.5 Å². The topological polar surface area (TPSA) is 99.1 Å². The first-order valence-electron chi connectivity index (χ1n) is 10.7. The van der Waals surface area contributed by atoms with E-state index in [9.17, 15) is 18.3 Å². The van der Waals surface area contributed by atoms with Gasteiger partial charge in [0, 0.05) is 15.6 Å². The first-order valence-corrected chi connectivity index (χ1v) is 12.9. The van der Waals surface area contributed by atoms with Crippen LogP contribution in [0.15, 0.2) is 88.9 Å². The maximum absolute atomic E-state index is 13.5. The molecule has 10 heteroatoms. The first-order chi connectivity index (χ1) is 17.1. The molecule has 0 spiro atoms. The van der Waals surface area contributed by atoms with Crippen molar-refractivity contribution < 1.29 is 18.3 Å². The number of phenolic OH excluding ortho intramolecular Hbond substituents is 1. The van der Waals surface area contributed by atoms with Gasteiger partial charge in [-0.3, -0.25) is 9.10 Å². The van der Waals surface area contributed by atoms with Crippen molar-refractivity contribution in [1.82, 2.24) is 5.43 Å². The van der Waals surface area contributed by atoms with Gasteiger partial charge < -0.3 is 5.11 Å². The van der Waals surface area contributed by atoms with Crippen molar-refractivity contribution in [2.45, 2.75) is 11.8 Å². The normalized spacial score (nSPS) is 11.6. The molecule has 0 aliphatic rings. The Kier molecular flexibility index (Phi) is 7.49. The van der Waals surface area contributed by atoms with E-state index in [4.69, 9.17) is 23.2 Å². The van der Waals surface area contributed by atoms with Gasteiger partial charge in [0.25, 0.3) is 15.9 Å². The van der Waals surface area contributed by atoms with Crippen LogP contribution in [0.4, 0.5) is 5.69 Å². The number of hydrogen-bond donors (Lipinski definition) is 2. The first kappa shape index (κ1) is 25.5. The molecule has 4 rings (SSSR count). The molecule has 0 aliphatic carbocycles. The Morgan fingerprint density at radius 3 is 2.36 bits per heavy atom. The molecular weight excluding hydrogens is 521 g/mol. The van der Waals surface area contributed by atoms with Crippen LogP contribution in [-0.2, 0) is 14.8 Å². The Labute approximate surface area is 218 Å². The molecule has 0 saturated heterocycles. The molecule has 4 aromatic rings. The fourth-order valence-electron chi connectivity index (χ4n) is 3.59. The quantitative estimate of drug-likeness (QED) is 0.238. The van der Waals surface area contributed by atoms with Gasteiger partial charge in [0.2, 0.25) is 0 Å². The lowest BCUT2D eigenvalue weighted by Gasteiger charge is -2.24. The number of halogens is 2. The number of nitrogens with one attached hydrogen (secondary N) is 1. The maximum Gasteiger partial charge on any atom is 0.264 e. The second-order valence-corrected chi connectivity index (χ2v) is 10.7. The average Bonchev–Trinajstić information content (AvgIpc) is 2.83. The van der Waals surface area contributed by atoms with Gasteiger partial charge in [0.1, 0.15) is 12.3 Å². The van der Waals surface area contributed by atoms with Crippen LogP contribution in [0.3, 0.4) is 0 Å². The third-order valence-corrected chi connectivity index (χ3v) is 7.59. The summed E-state index contributed by atoms with van der Waals surface area (Å²) in [4.78, 5) is 12.8. The van der Waals surface area contributed by atoms with E-state index in [1.54, 1.807) is 18.2 Å². The number of hydrazone groups is 1. The number of sulfonamides is 1. The van der Waals surface area contributed by atoms with Crippen molar-refractivity contribution in [3.05, 3.63) is 100 Å². The van der Waals surface area contributed by atoms with Crippen LogP contribution in [0.1, 0.15) is 11.1 Å². The summed E-state index contributed by atoms with van der Waals surface area (Å²) >= 11 is 12.2. The summed E-state index contributed by atoms with van der Waals surface area (Å²) in [5.74, 6) is -0.721. The Morgan fingerprint density at radius 1 is 1.00 bits per heavy atom. The zero-order valence-electron chi connectivity index (χ0n) is 19.0. The van der Waals surface area contributed by atoms with Crippen molar-refractivity contribution in [1.29, 1.82) is 0 Å².